The second-order valence-corrected chi connectivity index (χ2v) is 5.67. The van der Waals surface area contributed by atoms with Crippen LogP contribution in [0.5, 0.6) is 0 Å². The SMILES string of the molecule is COC(=O)Nc1nc2scc(-c3cc(Cl)ccc3Cl)n2n1. The number of aromatic nitrogens is 3. The lowest BCUT2D eigenvalue weighted by Gasteiger charge is -2.03. The first kappa shape index (κ1) is 14.1. The summed E-state index contributed by atoms with van der Waals surface area (Å²) in [6.07, 6.45) is -0.629. The lowest BCUT2D eigenvalue weighted by Crippen LogP contribution is -2.12. The summed E-state index contributed by atoms with van der Waals surface area (Å²) in [7, 11) is 1.27. The normalized spacial score (nSPS) is 10.8. The van der Waals surface area contributed by atoms with Crippen LogP contribution in [-0.4, -0.2) is 27.8 Å². The molecule has 0 fully saturated rings. The number of nitrogens with zero attached hydrogens (tertiary/aromatic N) is 3. The van der Waals surface area contributed by atoms with Gasteiger partial charge in [-0.2, -0.15) is 4.98 Å². The molecule has 2 aromatic heterocycles. The third kappa shape index (κ3) is 2.67. The lowest BCUT2D eigenvalue weighted by atomic mass is 10.2. The van der Waals surface area contributed by atoms with Crippen LogP contribution in [0.25, 0.3) is 16.2 Å². The van der Waals surface area contributed by atoms with E-state index < -0.39 is 6.09 Å². The predicted octanol–water partition coefficient (Wildman–Crippen LogP) is 3.94. The Morgan fingerprint density at radius 1 is 1.43 bits per heavy atom. The standard InChI is InChI=1S/C12H8Cl2N4O2S/c1-20-12(19)16-10-15-11-18(17-10)9(5-21-11)7-4-6(13)2-3-8(7)14/h2-5H,1H3,(H,16,17,19). The first-order valence-electron chi connectivity index (χ1n) is 5.73. The van der Waals surface area contributed by atoms with Crippen molar-refractivity contribution < 1.29 is 9.53 Å². The summed E-state index contributed by atoms with van der Waals surface area (Å²) < 4.78 is 6.09. The summed E-state index contributed by atoms with van der Waals surface area (Å²) >= 11 is 13.6. The summed E-state index contributed by atoms with van der Waals surface area (Å²) in [5.41, 5.74) is 1.48. The zero-order chi connectivity index (χ0) is 15.0. The summed E-state index contributed by atoms with van der Waals surface area (Å²) in [6, 6.07) is 5.18. The number of rotatable bonds is 2. The third-order valence-electron chi connectivity index (χ3n) is 2.69. The van der Waals surface area contributed by atoms with E-state index in [0.717, 1.165) is 11.3 Å². The monoisotopic (exact) mass is 342 g/mol. The summed E-state index contributed by atoms with van der Waals surface area (Å²) in [5, 5.41) is 9.62. The Morgan fingerprint density at radius 3 is 3.00 bits per heavy atom. The number of hydrogen-bond acceptors (Lipinski definition) is 5. The Labute approximate surface area is 133 Å². The molecular formula is C12H8Cl2N4O2S. The fourth-order valence-corrected chi connectivity index (χ4v) is 2.96. The van der Waals surface area contributed by atoms with Gasteiger partial charge in [0.05, 0.1) is 17.8 Å². The smallest absolute Gasteiger partial charge is 0.413 e. The van der Waals surface area contributed by atoms with Crippen LogP contribution < -0.4 is 5.32 Å². The minimum Gasteiger partial charge on any atom is -0.453 e. The molecule has 9 heteroatoms. The quantitative estimate of drug-likeness (QED) is 0.765. The largest absolute Gasteiger partial charge is 0.453 e. The molecule has 0 atom stereocenters. The van der Waals surface area contributed by atoms with Crippen LogP contribution in [0, 0.1) is 0 Å². The maximum absolute atomic E-state index is 11.2. The van der Waals surface area contributed by atoms with E-state index in [1.54, 1.807) is 22.7 Å². The molecule has 1 amide bonds. The van der Waals surface area contributed by atoms with Crippen molar-refractivity contribution in [1.82, 2.24) is 14.6 Å². The molecule has 0 bridgehead atoms. The van der Waals surface area contributed by atoms with E-state index in [4.69, 9.17) is 23.2 Å². The summed E-state index contributed by atoms with van der Waals surface area (Å²) in [4.78, 5) is 16.0. The van der Waals surface area contributed by atoms with Crippen molar-refractivity contribution in [2.45, 2.75) is 0 Å². The number of nitrogens with one attached hydrogen (secondary N) is 1. The van der Waals surface area contributed by atoms with E-state index in [-0.39, 0.29) is 5.95 Å². The molecule has 0 aliphatic rings. The molecule has 0 aliphatic heterocycles. The van der Waals surface area contributed by atoms with Gasteiger partial charge >= 0.3 is 6.09 Å². The number of fused-ring (bicyclic) bond motifs is 1. The highest BCUT2D eigenvalue weighted by atomic mass is 35.5. The molecule has 6 nitrogen and oxygen atoms in total. The molecule has 0 aliphatic carbocycles. The number of amides is 1. The van der Waals surface area contributed by atoms with Gasteiger partial charge in [-0.25, -0.2) is 9.31 Å². The Bertz CT molecular complexity index is 830. The van der Waals surface area contributed by atoms with Gasteiger partial charge in [-0.3, -0.25) is 5.32 Å². The second kappa shape index (κ2) is 5.51. The number of carbonyl (C=O) groups is 1. The zero-order valence-electron chi connectivity index (χ0n) is 10.6. The van der Waals surface area contributed by atoms with Crippen molar-refractivity contribution in [1.29, 1.82) is 0 Å². The van der Waals surface area contributed by atoms with E-state index in [2.05, 4.69) is 20.1 Å². The number of anilines is 1. The maximum Gasteiger partial charge on any atom is 0.413 e. The molecule has 108 valence electrons. The topological polar surface area (TPSA) is 68.5 Å². The molecule has 2 heterocycles. The molecule has 0 saturated carbocycles. The Hall–Kier alpha value is -1.83. The average Bonchev–Trinajstić information content (AvgIpc) is 3.01. The van der Waals surface area contributed by atoms with Crippen LogP contribution in [0.4, 0.5) is 10.7 Å². The minimum atomic E-state index is -0.629. The van der Waals surface area contributed by atoms with Crippen LogP contribution in [0.15, 0.2) is 23.6 Å². The van der Waals surface area contributed by atoms with Crippen LogP contribution in [0.3, 0.4) is 0 Å². The molecule has 1 aromatic carbocycles. The van der Waals surface area contributed by atoms with E-state index in [0.29, 0.717) is 15.0 Å². The molecule has 0 spiro atoms. The number of thiazole rings is 1. The second-order valence-electron chi connectivity index (χ2n) is 3.99. The number of halogens is 2. The number of ether oxygens (including phenoxy) is 1. The van der Waals surface area contributed by atoms with Crippen LogP contribution in [0.1, 0.15) is 0 Å². The van der Waals surface area contributed by atoms with Crippen LogP contribution >= 0.6 is 34.5 Å². The number of methoxy groups -OCH3 is 1. The lowest BCUT2D eigenvalue weighted by molar-refractivity contribution is 0.186. The Morgan fingerprint density at radius 2 is 2.24 bits per heavy atom. The van der Waals surface area contributed by atoms with Crippen molar-refractivity contribution in [3.05, 3.63) is 33.6 Å². The van der Waals surface area contributed by atoms with Crippen molar-refractivity contribution in [3.63, 3.8) is 0 Å². The zero-order valence-corrected chi connectivity index (χ0v) is 13.0. The molecular weight excluding hydrogens is 335 g/mol. The molecule has 3 rings (SSSR count). The molecule has 0 unspecified atom stereocenters. The first-order chi connectivity index (χ1) is 10.1. The fourth-order valence-electron chi connectivity index (χ4n) is 1.76. The number of benzene rings is 1. The molecule has 3 aromatic rings. The van der Waals surface area contributed by atoms with E-state index in [9.17, 15) is 4.79 Å². The van der Waals surface area contributed by atoms with Gasteiger partial charge in [0.2, 0.25) is 4.96 Å². The Kier molecular flexibility index (Phi) is 3.71. The minimum absolute atomic E-state index is 0.160. The van der Waals surface area contributed by atoms with Crippen molar-refractivity contribution in [3.8, 4) is 11.3 Å². The molecule has 0 saturated heterocycles. The van der Waals surface area contributed by atoms with Gasteiger partial charge in [-0.1, -0.05) is 23.2 Å². The molecule has 1 N–H and O–H groups in total. The third-order valence-corrected chi connectivity index (χ3v) is 4.07. The number of carbonyl (C=O) groups excluding carboxylic acids is 1. The average molecular weight is 343 g/mol. The van der Waals surface area contributed by atoms with Crippen LogP contribution in [-0.2, 0) is 4.74 Å². The summed E-state index contributed by atoms with van der Waals surface area (Å²) in [6.45, 7) is 0. The van der Waals surface area contributed by atoms with Gasteiger partial charge in [0, 0.05) is 16.0 Å². The van der Waals surface area contributed by atoms with Gasteiger partial charge in [0.15, 0.2) is 0 Å². The van der Waals surface area contributed by atoms with Gasteiger partial charge in [-0.05, 0) is 18.2 Å². The van der Waals surface area contributed by atoms with Gasteiger partial charge < -0.3 is 4.74 Å². The molecule has 21 heavy (non-hydrogen) atoms. The van der Waals surface area contributed by atoms with E-state index in [1.807, 2.05) is 5.38 Å². The van der Waals surface area contributed by atoms with E-state index in [1.165, 1.54) is 18.4 Å². The van der Waals surface area contributed by atoms with Gasteiger partial charge in [0.1, 0.15) is 0 Å². The first-order valence-corrected chi connectivity index (χ1v) is 7.36. The van der Waals surface area contributed by atoms with Crippen molar-refractivity contribution >= 4 is 51.5 Å². The van der Waals surface area contributed by atoms with Crippen molar-refractivity contribution in [2.75, 3.05) is 12.4 Å². The molecule has 0 radical (unpaired) electrons. The summed E-state index contributed by atoms with van der Waals surface area (Å²) in [5.74, 6) is 0.160. The Balaban J connectivity index is 2.07. The highest BCUT2D eigenvalue weighted by molar-refractivity contribution is 7.15. The maximum atomic E-state index is 11.2. The number of hydrogen-bond donors (Lipinski definition) is 1. The van der Waals surface area contributed by atoms with Gasteiger partial charge in [0.25, 0.3) is 5.95 Å². The van der Waals surface area contributed by atoms with E-state index >= 15 is 0 Å². The fraction of sp³-hybridized carbons (Fsp3) is 0.0833. The van der Waals surface area contributed by atoms with Crippen molar-refractivity contribution in [2.24, 2.45) is 0 Å². The highest BCUT2D eigenvalue weighted by Gasteiger charge is 2.15. The van der Waals surface area contributed by atoms with Gasteiger partial charge in [-0.15, -0.1) is 16.4 Å². The van der Waals surface area contributed by atoms with Crippen LogP contribution in [0.2, 0.25) is 10.0 Å². The predicted molar refractivity (Wildman–Crippen MR) is 82.3 cm³/mol. The highest BCUT2D eigenvalue weighted by Crippen LogP contribution is 2.33.